The Morgan fingerprint density at radius 3 is 2.61 bits per heavy atom. The van der Waals surface area contributed by atoms with E-state index in [2.05, 4.69) is 48.5 Å². The van der Waals surface area contributed by atoms with Gasteiger partial charge in [0.1, 0.15) is 5.01 Å². The molecule has 1 aromatic carbocycles. The number of nitrogens with two attached hydrogens (primary N) is 1. The van der Waals surface area contributed by atoms with Crippen LogP contribution in [0.4, 0.5) is 0 Å². The maximum atomic E-state index is 6.15. The summed E-state index contributed by atoms with van der Waals surface area (Å²) in [6.45, 7) is 4.39. The average molecular weight is 260 g/mol. The highest BCUT2D eigenvalue weighted by Gasteiger charge is 2.12. The molecule has 2 rings (SSSR count). The minimum Gasteiger partial charge on any atom is -0.322 e. The van der Waals surface area contributed by atoms with Gasteiger partial charge in [-0.1, -0.05) is 44.2 Å². The number of thiazole rings is 1. The summed E-state index contributed by atoms with van der Waals surface area (Å²) in [7, 11) is 0. The highest BCUT2D eigenvalue weighted by Crippen LogP contribution is 2.23. The average Bonchev–Trinajstić information content (AvgIpc) is 2.78. The van der Waals surface area contributed by atoms with Crippen LogP contribution in [0, 0.1) is 5.92 Å². The number of hydrogen-bond donors (Lipinski definition) is 1. The zero-order chi connectivity index (χ0) is 13.0. The molecule has 1 unspecified atom stereocenters. The van der Waals surface area contributed by atoms with Crippen molar-refractivity contribution in [3.05, 3.63) is 52.0 Å². The molecule has 0 fully saturated rings. The topological polar surface area (TPSA) is 38.9 Å². The normalized spacial score (nSPS) is 12.9. The third-order valence-corrected chi connectivity index (χ3v) is 3.87. The van der Waals surface area contributed by atoms with Gasteiger partial charge in [0, 0.05) is 11.8 Å². The summed E-state index contributed by atoms with van der Waals surface area (Å²) in [4.78, 5) is 4.65. The predicted molar refractivity (Wildman–Crippen MR) is 77.7 cm³/mol. The van der Waals surface area contributed by atoms with Crippen molar-refractivity contribution in [2.45, 2.75) is 32.7 Å². The largest absolute Gasteiger partial charge is 0.322 e. The molecule has 2 N–H and O–H groups in total. The van der Waals surface area contributed by atoms with Crippen molar-refractivity contribution in [1.82, 2.24) is 4.98 Å². The van der Waals surface area contributed by atoms with Gasteiger partial charge in [-0.15, -0.1) is 11.3 Å². The molecule has 18 heavy (non-hydrogen) atoms. The summed E-state index contributed by atoms with van der Waals surface area (Å²) in [5.41, 5.74) is 8.57. The van der Waals surface area contributed by atoms with E-state index in [0.29, 0.717) is 5.92 Å². The van der Waals surface area contributed by atoms with Crippen molar-refractivity contribution in [3.8, 4) is 0 Å². The van der Waals surface area contributed by atoms with Crippen LogP contribution in [-0.4, -0.2) is 4.98 Å². The lowest BCUT2D eigenvalue weighted by Gasteiger charge is -2.10. The highest BCUT2D eigenvalue weighted by atomic mass is 32.1. The minimum absolute atomic E-state index is 0.0829. The molecule has 2 nitrogen and oxygen atoms in total. The van der Waals surface area contributed by atoms with Crippen LogP contribution in [-0.2, 0) is 6.42 Å². The molecule has 0 bridgehead atoms. The Bertz CT molecular complexity index is 476. The van der Waals surface area contributed by atoms with E-state index in [0.717, 1.165) is 23.5 Å². The van der Waals surface area contributed by atoms with Crippen molar-refractivity contribution in [3.63, 3.8) is 0 Å². The molecule has 0 amide bonds. The van der Waals surface area contributed by atoms with Gasteiger partial charge in [-0.2, -0.15) is 0 Å². The van der Waals surface area contributed by atoms with Gasteiger partial charge in [0.15, 0.2) is 0 Å². The molecule has 0 aliphatic heterocycles. The molecule has 0 aliphatic carbocycles. The molecule has 3 heteroatoms. The zero-order valence-corrected chi connectivity index (χ0v) is 11.8. The lowest BCUT2D eigenvalue weighted by atomic mass is 10.1. The number of rotatable bonds is 5. The van der Waals surface area contributed by atoms with Gasteiger partial charge >= 0.3 is 0 Å². The Morgan fingerprint density at radius 1 is 1.22 bits per heavy atom. The Morgan fingerprint density at radius 2 is 1.94 bits per heavy atom. The van der Waals surface area contributed by atoms with E-state index in [4.69, 9.17) is 5.73 Å². The Hall–Kier alpha value is -1.19. The predicted octanol–water partition coefficient (Wildman–Crippen LogP) is 3.78. The lowest BCUT2D eigenvalue weighted by Crippen LogP contribution is -2.12. The molecule has 0 aliphatic rings. The van der Waals surface area contributed by atoms with Crippen LogP contribution < -0.4 is 5.73 Å². The number of aromatic nitrogens is 1. The summed E-state index contributed by atoms with van der Waals surface area (Å²) in [5.74, 6) is 0.612. The second-order valence-corrected chi connectivity index (χ2v) is 5.97. The van der Waals surface area contributed by atoms with Gasteiger partial charge in [-0.25, -0.2) is 4.98 Å². The molecular weight excluding hydrogens is 240 g/mol. The monoisotopic (exact) mass is 260 g/mol. The zero-order valence-electron chi connectivity index (χ0n) is 11.0. The van der Waals surface area contributed by atoms with Crippen LogP contribution in [0.5, 0.6) is 0 Å². The quantitative estimate of drug-likeness (QED) is 0.888. The molecule has 0 saturated heterocycles. The van der Waals surface area contributed by atoms with Crippen LogP contribution >= 0.6 is 11.3 Å². The molecule has 1 heterocycles. The van der Waals surface area contributed by atoms with Gasteiger partial charge in [0.05, 0.1) is 11.7 Å². The maximum absolute atomic E-state index is 6.15. The van der Waals surface area contributed by atoms with Gasteiger partial charge in [0.2, 0.25) is 0 Å². The fourth-order valence-electron chi connectivity index (χ4n) is 1.99. The second kappa shape index (κ2) is 6.12. The lowest BCUT2D eigenvalue weighted by molar-refractivity contribution is 0.508. The molecule has 2 aromatic rings. The summed E-state index contributed by atoms with van der Waals surface area (Å²) in [6, 6.07) is 10.5. The van der Waals surface area contributed by atoms with Crippen molar-refractivity contribution in [2.75, 3.05) is 0 Å². The first-order valence-corrected chi connectivity index (χ1v) is 7.27. The Kier molecular flexibility index (Phi) is 4.50. The van der Waals surface area contributed by atoms with Crippen molar-refractivity contribution < 1.29 is 0 Å². The summed E-state index contributed by atoms with van der Waals surface area (Å²) in [5, 5.41) is 3.19. The van der Waals surface area contributed by atoms with Crippen LogP contribution in [0.2, 0.25) is 0 Å². The maximum Gasteiger partial charge on any atom is 0.110 e. The fraction of sp³-hybridized carbons (Fsp3) is 0.400. The number of benzene rings is 1. The fourth-order valence-corrected chi connectivity index (χ4v) is 2.82. The Labute approximate surface area is 113 Å². The van der Waals surface area contributed by atoms with E-state index in [-0.39, 0.29) is 6.04 Å². The van der Waals surface area contributed by atoms with Crippen LogP contribution in [0.1, 0.15) is 42.6 Å². The standard InChI is InChI=1S/C15H20N2S/c1-11(2)8-14(16)15-17-13(10-18-15)9-12-6-4-3-5-7-12/h3-7,10-11,14H,8-9,16H2,1-2H3. The van der Waals surface area contributed by atoms with E-state index >= 15 is 0 Å². The molecule has 0 radical (unpaired) electrons. The summed E-state index contributed by atoms with van der Waals surface area (Å²) >= 11 is 1.68. The van der Waals surface area contributed by atoms with Crippen molar-refractivity contribution >= 4 is 11.3 Å². The number of hydrogen-bond acceptors (Lipinski definition) is 3. The highest BCUT2D eigenvalue weighted by molar-refractivity contribution is 7.09. The molecule has 0 spiro atoms. The molecule has 1 aromatic heterocycles. The minimum atomic E-state index is 0.0829. The van der Waals surface area contributed by atoms with E-state index in [1.165, 1.54) is 5.56 Å². The second-order valence-electron chi connectivity index (χ2n) is 5.08. The van der Waals surface area contributed by atoms with Crippen molar-refractivity contribution in [1.29, 1.82) is 0 Å². The van der Waals surface area contributed by atoms with E-state index in [1.807, 2.05) is 6.07 Å². The van der Waals surface area contributed by atoms with Gasteiger partial charge in [-0.05, 0) is 17.9 Å². The van der Waals surface area contributed by atoms with E-state index < -0.39 is 0 Å². The van der Waals surface area contributed by atoms with Crippen LogP contribution in [0.15, 0.2) is 35.7 Å². The van der Waals surface area contributed by atoms with Gasteiger partial charge in [0.25, 0.3) is 0 Å². The Balaban J connectivity index is 2.02. The number of nitrogens with zero attached hydrogens (tertiary/aromatic N) is 1. The first-order chi connectivity index (χ1) is 8.65. The summed E-state index contributed by atoms with van der Waals surface area (Å²) in [6.07, 6.45) is 1.89. The third kappa shape index (κ3) is 3.65. The smallest absolute Gasteiger partial charge is 0.110 e. The van der Waals surface area contributed by atoms with Crippen LogP contribution in [0.3, 0.4) is 0 Å². The molecular formula is C15H20N2S. The summed E-state index contributed by atoms with van der Waals surface area (Å²) < 4.78 is 0. The molecule has 1 atom stereocenters. The first kappa shape index (κ1) is 13.2. The SMILES string of the molecule is CC(C)CC(N)c1nc(Cc2ccccc2)cs1. The van der Waals surface area contributed by atoms with Crippen molar-refractivity contribution in [2.24, 2.45) is 11.7 Å². The van der Waals surface area contributed by atoms with Gasteiger partial charge < -0.3 is 5.73 Å². The van der Waals surface area contributed by atoms with E-state index in [1.54, 1.807) is 11.3 Å². The third-order valence-electron chi connectivity index (χ3n) is 2.84. The molecule has 0 saturated carbocycles. The first-order valence-electron chi connectivity index (χ1n) is 6.39. The van der Waals surface area contributed by atoms with Gasteiger partial charge in [-0.3, -0.25) is 0 Å². The van der Waals surface area contributed by atoms with Crippen LogP contribution in [0.25, 0.3) is 0 Å². The molecule has 96 valence electrons. The van der Waals surface area contributed by atoms with E-state index in [9.17, 15) is 0 Å².